The van der Waals surface area contributed by atoms with Crippen molar-refractivity contribution in [3.8, 4) is 6.07 Å². The molecule has 0 atom stereocenters. The quantitative estimate of drug-likeness (QED) is 0.869. The third-order valence-electron chi connectivity index (χ3n) is 2.70. The van der Waals surface area contributed by atoms with Crippen LogP contribution in [0.4, 0.5) is 4.39 Å². The van der Waals surface area contributed by atoms with Crippen molar-refractivity contribution >= 4 is 9.84 Å². The van der Waals surface area contributed by atoms with Gasteiger partial charge in [0.25, 0.3) is 0 Å². The third-order valence-corrected chi connectivity index (χ3v) is 4.25. The Labute approximate surface area is 117 Å². The second-order valence-electron chi connectivity index (χ2n) is 4.48. The molecule has 0 aliphatic carbocycles. The predicted molar refractivity (Wildman–Crippen MR) is 73.9 cm³/mol. The molecule has 2 aromatic carbocycles. The Morgan fingerprint density at radius 1 is 1.00 bits per heavy atom. The molecule has 0 saturated carbocycles. The number of nitrogens with zero attached hydrogens (tertiary/aromatic N) is 1. The van der Waals surface area contributed by atoms with Crippen molar-refractivity contribution in [2.45, 2.75) is 11.5 Å². The van der Waals surface area contributed by atoms with Crippen molar-refractivity contribution in [2.75, 3.05) is 0 Å². The van der Waals surface area contributed by atoms with E-state index in [-0.39, 0.29) is 22.6 Å². The average Bonchev–Trinajstić information content (AvgIpc) is 2.37. The van der Waals surface area contributed by atoms with Crippen LogP contribution in [0.15, 0.2) is 48.5 Å². The molecule has 102 valence electrons. The monoisotopic (exact) mass is 289 g/mol. The van der Waals surface area contributed by atoms with Gasteiger partial charge in [-0.05, 0) is 29.3 Å². The summed E-state index contributed by atoms with van der Waals surface area (Å²) in [6.07, 6.45) is 0. The van der Waals surface area contributed by atoms with Gasteiger partial charge in [-0.3, -0.25) is 0 Å². The first kappa shape index (κ1) is 14.2. The first-order valence-electron chi connectivity index (χ1n) is 5.92. The molecule has 0 unspecified atom stereocenters. The molecule has 0 spiro atoms. The van der Waals surface area contributed by atoms with Gasteiger partial charge in [0, 0.05) is 0 Å². The van der Waals surface area contributed by atoms with E-state index in [4.69, 9.17) is 5.26 Å². The van der Waals surface area contributed by atoms with Crippen molar-refractivity contribution in [1.82, 2.24) is 0 Å². The predicted octanol–water partition coefficient (Wildman–Crippen LogP) is 2.81. The summed E-state index contributed by atoms with van der Waals surface area (Å²) < 4.78 is 37.4. The highest BCUT2D eigenvalue weighted by Crippen LogP contribution is 2.15. The van der Waals surface area contributed by atoms with Crippen LogP contribution in [0.3, 0.4) is 0 Å². The number of hydrogen-bond donors (Lipinski definition) is 0. The molecule has 5 heteroatoms. The molecular weight excluding hydrogens is 277 g/mol. The van der Waals surface area contributed by atoms with Crippen molar-refractivity contribution in [2.24, 2.45) is 0 Å². The lowest BCUT2D eigenvalue weighted by Crippen LogP contribution is -2.08. The first-order valence-corrected chi connectivity index (χ1v) is 7.74. The molecule has 0 radical (unpaired) electrons. The van der Waals surface area contributed by atoms with Crippen LogP contribution in [0.1, 0.15) is 16.7 Å². The zero-order valence-corrected chi connectivity index (χ0v) is 11.4. The maximum atomic E-state index is 13.3. The largest absolute Gasteiger partial charge is 0.228 e. The number of halogens is 1. The summed E-state index contributed by atoms with van der Waals surface area (Å²) in [5, 5.41) is 8.75. The molecule has 0 aliphatic rings. The van der Waals surface area contributed by atoms with E-state index in [0.717, 1.165) is 12.1 Å². The van der Waals surface area contributed by atoms with Crippen molar-refractivity contribution < 1.29 is 12.8 Å². The lowest BCUT2D eigenvalue weighted by molar-refractivity contribution is 0.594. The summed E-state index contributed by atoms with van der Waals surface area (Å²) in [6.45, 7) is 0. The van der Waals surface area contributed by atoms with E-state index in [1.807, 2.05) is 12.1 Å². The molecule has 2 rings (SSSR count). The summed E-state index contributed by atoms with van der Waals surface area (Å²) in [6, 6.07) is 14.2. The highest BCUT2D eigenvalue weighted by Gasteiger charge is 2.14. The summed E-state index contributed by atoms with van der Waals surface area (Å²) in [5.74, 6) is -0.991. The van der Waals surface area contributed by atoms with Gasteiger partial charge in [0.15, 0.2) is 9.84 Å². The van der Waals surface area contributed by atoms with E-state index in [2.05, 4.69) is 0 Å². The van der Waals surface area contributed by atoms with Gasteiger partial charge < -0.3 is 0 Å². The van der Waals surface area contributed by atoms with Crippen molar-refractivity contribution in [1.29, 1.82) is 5.26 Å². The molecule has 0 heterocycles. The molecule has 0 aromatic heterocycles. The van der Waals surface area contributed by atoms with Crippen LogP contribution >= 0.6 is 0 Å². The van der Waals surface area contributed by atoms with Gasteiger partial charge in [-0.15, -0.1) is 0 Å². The van der Waals surface area contributed by atoms with Crippen LogP contribution in [-0.4, -0.2) is 8.42 Å². The Kier molecular flexibility index (Phi) is 4.16. The van der Waals surface area contributed by atoms with Gasteiger partial charge in [-0.2, -0.15) is 5.26 Å². The molecule has 0 N–H and O–H groups in total. The minimum Gasteiger partial charge on any atom is -0.228 e. The van der Waals surface area contributed by atoms with Crippen LogP contribution in [0.2, 0.25) is 0 Å². The fourth-order valence-corrected chi connectivity index (χ4v) is 3.41. The molecule has 3 nitrogen and oxygen atoms in total. The second kappa shape index (κ2) is 5.85. The van der Waals surface area contributed by atoms with Gasteiger partial charge in [-0.25, -0.2) is 12.8 Å². The topological polar surface area (TPSA) is 57.9 Å². The number of sulfone groups is 1. The average molecular weight is 289 g/mol. The van der Waals surface area contributed by atoms with E-state index in [0.29, 0.717) is 5.56 Å². The van der Waals surface area contributed by atoms with Crippen LogP contribution in [-0.2, 0) is 21.3 Å². The summed E-state index contributed by atoms with van der Waals surface area (Å²) in [7, 11) is -3.41. The van der Waals surface area contributed by atoms with Gasteiger partial charge in [0.2, 0.25) is 0 Å². The SMILES string of the molecule is N#Cc1cc(F)cc(CS(=O)(=O)Cc2ccccc2)c1. The Balaban J connectivity index is 2.21. The molecule has 0 amide bonds. The van der Waals surface area contributed by atoms with Gasteiger partial charge >= 0.3 is 0 Å². The zero-order chi connectivity index (χ0) is 14.6. The minimum absolute atomic E-state index is 0.105. The van der Waals surface area contributed by atoms with Crippen LogP contribution in [0.5, 0.6) is 0 Å². The molecule has 0 aliphatic heterocycles. The molecule has 0 saturated heterocycles. The van der Waals surface area contributed by atoms with Crippen molar-refractivity contribution in [3.63, 3.8) is 0 Å². The number of rotatable bonds is 4. The van der Waals surface area contributed by atoms with Crippen LogP contribution in [0, 0.1) is 17.1 Å². The summed E-state index contributed by atoms with van der Waals surface area (Å²) in [4.78, 5) is 0. The maximum absolute atomic E-state index is 13.3. The minimum atomic E-state index is -3.41. The highest BCUT2D eigenvalue weighted by atomic mass is 32.2. The smallest absolute Gasteiger partial charge is 0.158 e. The van der Waals surface area contributed by atoms with Crippen molar-refractivity contribution in [3.05, 3.63) is 71.0 Å². The van der Waals surface area contributed by atoms with E-state index in [1.54, 1.807) is 24.3 Å². The van der Waals surface area contributed by atoms with Crippen LogP contribution < -0.4 is 0 Å². The number of hydrogen-bond acceptors (Lipinski definition) is 3. The normalized spacial score (nSPS) is 11.0. The standard InChI is InChI=1S/C15H12FNO2S/c16-15-7-13(9-17)6-14(8-15)11-20(18,19)10-12-4-2-1-3-5-12/h1-8H,10-11H2. The Hall–Kier alpha value is -2.19. The molecule has 2 aromatic rings. The summed E-state index contributed by atoms with van der Waals surface area (Å²) in [5.41, 5.74) is 1.09. The molecular formula is C15H12FNO2S. The fourth-order valence-electron chi connectivity index (χ4n) is 1.93. The fraction of sp³-hybridized carbons (Fsp3) is 0.133. The number of benzene rings is 2. The highest BCUT2D eigenvalue weighted by molar-refractivity contribution is 7.89. The zero-order valence-electron chi connectivity index (χ0n) is 10.6. The maximum Gasteiger partial charge on any atom is 0.158 e. The van der Waals surface area contributed by atoms with E-state index in [9.17, 15) is 12.8 Å². The first-order chi connectivity index (χ1) is 9.48. The van der Waals surface area contributed by atoms with E-state index in [1.165, 1.54) is 6.07 Å². The lowest BCUT2D eigenvalue weighted by atomic mass is 10.1. The van der Waals surface area contributed by atoms with Gasteiger partial charge in [-0.1, -0.05) is 30.3 Å². The molecule has 0 bridgehead atoms. The second-order valence-corrected chi connectivity index (χ2v) is 6.54. The Morgan fingerprint density at radius 3 is 2.30 bits per heavy atom. The van der Waals surface area contributed by atoms with Gasteiger partial charge in [0.05, 0.1) is 23.1 Å². The van der Waals surface area contributed by atoms with Crippen LogP contribution in [0.25, 0.3) is 0 Å². The Bertz CT molecular complexity index is 749. The molecule has 20 heavy (non-hydrogen) atoms. The lowest BCUT2D eigenvalue weighted by Gasteiger charge is -2.05. The van der Waals surface area contributed by atoms with Gasteiger partial charge in [0.1, 0.15) is 5.82 Å². The molecule has 0 fully saturated rings. The van der Waals surface area contributed by atoms with E-state index < -0.39 is 15.7 Å². The third kappa shape index (κ3) is 3.90. The Morgan fingerprint density at radius 2 is 1.65 bits per heavy atom. The van der Waals surface area contributed by atoms with E-state index >= 15 is 0 Å². The summed E-state index contributed by atoms with van der Waals surface area (Å²) >= 11 is 0. The number of nitriles is 1.